The second-order valence-corrected chi connectivity index (χ2v) is 8.00. The fraction of sp³-hybridized carbons (Fsp3) is 0.381. The number of benzene rings is 2. The molecule has 0 amide bonds. The third kappa shape index (κ3) is 4.85. The molecule has 24 heavy (non-hydrogen) atoms. The summed E-state index contributed by atoms with van der Waals surface area (Å²) in [5, 5.41) is 3.44. The van der Waals surface area contributed by atoms with Crippen molar-refractivity contribution in [2.75, 3.05) is 5.32 Å². The van der Waals surface area contributed by atoms with Crippen LogP contribution in [-0.2, 0) is 10.2 Å². The zero-order valence-corrected chi connectivity index (χ0v) is 15.4. The summed E-state index contributed by atoms with van der Waals surface area (Å²) in [5.41, 5.74) is 3.40. The van der Waals surface area contributed by atoms with Crippen LogP contribution in [-0.4, -0.2) is 11.6 Å². The number of nitrogens with one attached hydrogen (secondary N) is 1. The second kappa shape index (κ2) is 6.68. The highest BCUT2D eigenvalue weighted by molar-refractivity contribution is 5.90. The number of ether oxygens (including phenoxy) is 1. The van der Waals surface area contributed by atoms with Crippen molar-refractivity contribution in [1.29, 1.82) is 0 Å². The van der Waals surface area contributed by atoms with E-state index in [1.54, 1.807) is 12.1 Å². The van der Waals surface area contributed by atoms with E-state index in [4.69, 9.17) is 4.74 Å². The molecule has 0 unspecified atom stereocenters. The topological polar surface area (TPSA) is 38.3 Å². The first kappa shape index (κ1) is 18.1. The summed E-state index contributed by atoms with van der Waals surface area (Å²) in [6, 6.07) is 15.7. The zero-order chi connectivity index (χ0) is 18.0. The molecular formula is C21H27NO2. The van der Waals surface area contributed by atoms with Gasteiger partial charge in [-0.2, -0.15) is 0 Å². The first-order chi connectivity index (χ1) is 11.1. The summed E-state index contributed by atoms with van der Waals surface area (Å²) in [6.45, 7) is 12.2. The number of para-hydroxylation sites is 1. The average molecular weight is 325 g/mol. The van der Waals surface area contributed by atoms with Crippen LogP contribution in [0.15, 0.2) is 48.5 Å². The highest BCUT2D eigenvalue weighted by Gasteiger charge is 2.19. The van der Waals surface area contributed by atoms with Gasteiger partial charge in [-0.25, -0.2) is 4.79 Å². The van der Waals surface area contributed by atoms with Gasteiger partial charge in [0.1, 0.15) is 5.60 Å². The molecule has 3 heteroatoms. The maximum absolute atomic E-state index is 12.1. The van der Waals surface area contributed by atoms with Gasteiger partial charge < -0.3 is 10.1 Å². The molecule has 0 aliphatic heterocycles. The van der Waals surface area contributed by atoms with E-state index in [0.29, 0.717) is 5.56 Å². The van der Waals surface area contributed by atoms with E-state index in [1.807, 2.05) is 39.0 Å². The van der Waals surface area contributed by atoms with E-state index in [-0.39, 0.29) is 11.4 Å². The molecule has 1 N–H and O–H groups in total. The Morgan fingerprint density at radius 2 is 1.46 bits per heavy atom. The van der Waals surface area contributed by atoms with Crippen LogP contribution < -0.4 is 5.32 Å². The molecule has 3 nitrogen and oxygen atoms in total. The minimum atomic E-state index is -0.486. The van der Waals surface area contributed by atoms with E-state index in [2.05, 4.69) is 44.3 Å². The first-order valence-corrected chi connectivity index (χ1v) is 8.26. The van der Waals surface area contributed by atoms with Crippen LogP contribution in [0.25, 0.3) is 0 Å². The van der Waals surface area contributed by atoms with Crippen molar-refractivity contribution in [2.45, 2.75) is 52.6 Å². The van der Waals surface area contributed by atoms with Gasteiger partial charge in [0.15, 0.2) is 0 Å². The van der Waals surface area contributed by atoms with Crippen LogP contribution in [0.5, 0.6) is 0 Å². The molecule has 0 aromatic heterocycles. The van der Waals surface area contributed by atoms with Crippen molar-refractivity contribution in [1.82, 2.24) is 0 Å². The molecular weight excluding hydrogens is 298 g/mol. The number of esters is 1. The SMILES string of the molecule is CC(C)(C)OC(=O)c1ccc(Nc2ccccc2C(C)(C)C)cc1. The lowest BCUT2D eigenvalue weighted by Crippen LogP contribution is -2.23. The van der Waals surface area contributed by atoms with Gasteiger partial charge in [-0.05, 0) is 62.1 Å². The number of hydrogen-bond donors (Lipinski definition) is 1. The van der Waals surface area contributed by atoms with Crippen molar-refractivity contribution in [3.05, 3.63) is 59.7 Å². The van der Waals surface area contributed by atoms with Crippen molar-refractivity contribution in [3.8, 4) is 0 Å². The van der Waals surface area contributed by atoms with Crippen molar-refractivity contribution >= 4 is 17.3 Å². The van der Waals surface area contributed by atoms with E-state index in [1.165, 1.54) is 5.56 Å². The Hall–Kier alpha value is -2.29. The van der Waals surface area contributed by atoms with E-state index < -0.39 is 5.60 Å². The maximum atomic E-state index is 12.1. The maximum Gasteiger partial charge on any atom is 0.338 e. The third-order valence-corrected chi connectivity index (χ3v) is 3.53. The predicted octanol–water partition coefficient (Wildman–Crippen LogP) is 5.68. The summed E-state index contributed by atoms with van der Waals surface area (Å²) >= 11 is 0. The second-order valence-electron chi connectivity index (χ2n) is 8.00. The molecule has 0 bridgehead atoms. The lowest BCUT2D eigenvalue weighted by atomic mass is 9.86. The summed E-state index contributed by atoms with van der Waals surface area (Å²) in [5.74, 6) is -0.302. The minimum absolute atomic E-state index is 0.0556. The van der Waals surface area contributed by atoms with Crippen molar-refractivity contribution in [3.63, 3.8) is 0 Å². The Balaban J connectivity index is 2.17. The summed E-state index contributed by atoms with van der Waals surface area (Å²) in [4.78, 5) is 12.1. The molecule has 0 aliphatic rings. The van der Waals surface area contributed by atoms with Crippen molar-refractivity contribution < 1.29 is 9.53 Å². The first-order valence-electron chi connectivity index (χ1n) is 8.26. The molecule has 0 spiro atoms. The van der Waals surface area contributed by atoms with Crippen LogP contribution in [0.3, 0.4) is 0 Å². The minimum Gasteiger partial charge on any atom is -0.456 e. The molecule has 2 rings (SSSR count). The summed E-state index contributed by atoms with van der Waals surface area (Å²) in [6.07, 6.45) is 0. The third-order valence-electron chi connectivity index (χ3n) is 3.53. The average Bonchev–Trinajstić information content (AvgIpc) is 2.45. The van der Waals surface area contributed by atoms with E-state index >= 15 is 0 Å². The summed E-state index contributed by atoms with van der Waals surface area (Å²) in [7, 11) is 0. The Morgan fingerprint density at radius 3 is 2.00 bits per heavy atom. The van der Waals surface area contributed by atoms with Crippen LogP contribution in [0.2, 0.25) is 0 Å². The molecule has 0 saturated heterocycles. The Labute approximate surface area is 145 Å². The van der Waals surface area contributed by atoms with Crippen LogP contribution in [0.1, 0.15) is 57.5 Å². The number of carbonyl (C=O) groups excluding carboxylic acids is 1. The molecule has 0 saturated carbocycles. The van der Waals surface area contributed by atoms with Gasteiger partial charge in [0.25, 0.3) is 0 Å². The van der Waals surface area contributed by atoms with Gasteiger partial charge in [0.2, 0.25) is 0 Å². The van der Waals surface area contributed by atoms with Gasteiger partial charge >= 0.3 is 5.97 Å². The largest absolute Gasteiger partial charge is 0.456 e. The quantitative estimate of drug-likeness (QED) is 0.737. The van der Waals surface area contributed by atoms with E-state index in [9.17, 15) is 4.79 Å². The molecule has 2 aromatic carbocycles. The molecule has 0 atom stereocenters. The van der Waals surface area contributed by atoms with Crippen molar-refractivity contribution in [2.24, 2.45) is 0 Å². The standard InChI is InChI=1S/C21H27NO2/c1-20(2,3)17-9-7-8-10-18(17)22-16-13-11-15(12-14-16)19(23)24-21(4,5)6/h7-14,22H,1-6H3. The lowest BCUT2D eigenvalue weighted by molar-refractivity contribution is 0.00696. The molecule has 0 radical (unpaired) electrons. The fourth-order valence-corrected chi connectivity index (χ4v) is 2.43. The molecule has 0 fully saturated rings. The number of rotatable bonds is 3. The monoisotopic (exact) mass is 325 g/mol. The van der Waals surface area contributed by atoms with Crippen LogP contribution in [0, 0.1) is 0 Å². The van der Waals surface area contributed by atoms with Crippen LogP contribution >= 0.6 is 0 Å². The number of carbonyl (C=O) groups is 1. The van der Waals surface area contributed by atoms with E-state index in [0.717, 1.165) is 11.4 Å². The lowest BCUT2D eigenvalue weighted by Gasteiger charge is -2.23. The molecule has 0 aliphatic carbocycles. The smallest absolute Gasteiger partial charge is 0.338 e. The Kier molecular flexibility index (Phi) is 5.02. The zero-order valence-electron chi connectivity index (χ0n) is 15.4. The van der Waals surface area contributed by atoms with Gasteiger partial charge in [0, 0.05) is 11.4 Å². The highest BCUT2D eigenvalue weighted by Crippen LogP contribution is 2.31. The van der Waals surface area contributed by atoms with Gasteiger partial charge in [-0.1, -0.05) is 39.0 Å². The van der Waals surface area contributed by atoms with Crippen LogP contribution in [0.4, 0.5) is 11.4 Å². The Bertz CT molecular complexity index is 704. The molecule has 0 heterocycles. The molecule has 2 aromatic rings. The number of anilines is 2. The number of hydrogen-bond acceptors (Lipinski definition) is 3. The summed E-state index contributed by atoms with van der Waals surface area (Å²) < 4.78 is 5.39. The fourth-order valence-electron chi connectivity index (χ4n) is 2.43. The molecule has 128 valence electrons. The predicted molar refractivity (Wildman–Crippen MR) is 100 cm³/mol. The van der Waals surface area contributed by atoms with Gasteiger partial charge in [0.05, 0.1) is 5.56 Å². The highest BCUT2D eigenvalue weighted by atomic mass is 16.6. The van der Waals surface area contributed by atoms with Gasteiger partial charge in [-0.3, -0.25) is 0 Å². The Morgan fingerprint density at radius 1 is 0.875 bits per heavy atom. The normalized spacial score (nSPS) is 11.9. The van der Waals surface area contributed by atoms with Gasteiger partial charge in [-0.15, -0.1) is 0 Å².